The third kappa shape index (κ3) is 3.03. The van der Waals surface area contributed by atoms with Crippen molar-refractivity contribution in [2.75, 3.05) is 0 Å². The van der Waals surface area contributed by atoms with Gasteiger partial charge in [0, 0.05) is 6.08 Å². The molecule has 0 amide bonds. The summed E-state index contributed by atoms with van der Waals surface area (Å²) in [5, 5.41) is 0. The smallest absolute Gasteiger partial charge is 0.330 e. The second-order valence-electron chi connectivity index (χ2n) is 0.963. The van der Waals surface area contributed by atoms with E-state index in [1.54, 1.807) is 13.0 Å². The molecule has 7 heavy (non-hydrogen) atoms. The van der Waals surface area contributed by atoms with E-state index < -0.39 is 5.97 Å². The van der Waals surface area contributed by atoms with E-state index in [4.69, 9.17) is 0 Å². The van der Waals surface area contributed by atoms with E-state index in [-0.39, 0.29) is 0 Å². The second-order valence-corrected chi connectivity index (χ2v) is 0.963. The number of allylic oxidation sites excluding steroid dienone is 1. The van der Waals surface area contributed by atoms with Crippen LogP contribution < -0.4 is 0 Å². The lowest BCUT2D eigenvalue weighted by Gasteiger charge is -1.83. The van der Waals surface area contributed by atoms with Crippen molar-refractivity contribution < 1.29 is 9.53 Å². The van der Waals surface area contributed by atoms with Gasteiger partial charge in [0.2, 0.25) is 0 Å². The van der Waals surface area contributed by atoms with E-state index in [0.717, 1.165) is 0 Å². The molecule has 0 bridgehead atoms. The van der Waals surface area contributed by atoms with Gasteiger partial charge in [0.05, 0.1) is 0 Å². The summed E-state index contributed by atoms with van der Waals surface area (Å²) in [6.07, 6.45) is 2.89. The molecule has 0 aromatic heterocycles. The average molecular weight is 99.1 g/mol. The normalized spacial score (nSPS) is 9.43. The number of esters is 1. The molecule has 0 spiro atoms. The summed E-state index contributed by atoms with van der Waals surface area (Å²) in [5.74, 6) is -0.414. The Kier molecular flexibility index (Phi) is 3.02. The van der Waals surface area contributed by atoms with Gasteiger partial charge in [0.25, 0.3) is 0 Å². The third-order valence-electron chi connectivity index (χ3n) is 0.445. The van der Waals surface area contributed by atoms with Crippen molar-refractivity contribution >= 4 is 5.97 Å². The Hall–Kier alpha value is -0.790. The second kappa shape index (κ2) is 3.40. The highest BCUT2D eigenvalue weighted by Gasteiger charge is 1.84. The molecule has 0 N–H and O–H groups in total. The molecular weight excluding hydrogens is 92.1 g/mol. The van der Waals surface area contributed by atoms with Gasteiger partial charge in [0.15, 0.2) is 0 Å². The van der Waals surface area contributed by atoms with Crippen LogP contribution in [0.25, 0.3) is 0 Å². The fourth-order valence-electron chi connectivity index (χ4n) is 0.184. The number of carbonyl (C=O) groups excluding carboxylic acids is 1. The van der Waals surface area contributed by atoms with Gasteiger partial charge in [-0.05, 0) is 6.92 Å². The zero-order chi connectivity index (χ0) is 5.70. The lowest BCUT2D eigenvalue weighted by Crippen LogP contribution is -1.90. The summed E-state index contributed by atoms with van der Waals surface area (Å²) >= 11 is 0. The van der Waals surface area contributed by atoms with Crippen LogP contribution in [0.15, 0.2) is 12.2 Å². The van der Waals surface area contributed by atoms with E-state index in [2.05, 4.69) is 11.8 Å². The minimum atomic E-state index is -0.414. The summed E-state index contributed by atoms with van der Waals surface area (Å²) < 4.78 is 4.01. The SMILES string of the molecule is [CH2]OC(=O)C=CC. The molecule has 0 saturated carbocycles. The van der Waals surface area contributed by atoms with Crippen LogP contribution in [0.5, 0.6) is 0 Å². The molecule has 0 unspecified atom stereocenters. The molecule has 0 aromatic carbocycles. The van der Waals surface area contributed by atoms with Crippen molar-refractivity contribution in [3.8, 4) is 0 Å². The van der Waals surface area contributed by atoms with E-state index in [1.807, 2.05) is 0 Å². The van der Waals surface area contributed by atoms with Crippen LogP contribution in [0.1, 0.15) is 6.92 Å². The standard InChI is InChI=1S/C5H7O2/c1-3-4-5(6)7-2/h3-4H,2H2,1H3. The Bertz CT molecular complexity index is 84.1. The van der Waals surface area contributed by atoms with Gasteiger partial charge in [-0.25, -0.2) is 4.79 Å². The van der Waals surface area contributed by atoms with Crippen LogP contribution in [0.2, 0.25) is 0 Å². The topological polar surface area (TPSA) is 26.3 Å². The quantitative estimate of drug-likeness (QED) is 0.360. The maximum Gasteiger partial charge on any atom is 0.330 e. The Morgan fingerprint density at radius 1 is 1.86 bits per heavy atom. The van der Waals surface area contributed by atoms with Gasteiger partial charge in [-0.2, -0.15) is 0 Å². The zero-order valence-electron chi connectivity index (χ0n) is 4.18. The van der Waals surface area contributed by atoms with Gasteiger partial charge in [-0.3, -0.25) is 0 Å². The molecule has 0 fully saturated rings. The highest BCUT2D eigenvalue weighted by molar-refractivity contribution is 5.81. The summed E-state index contributed by atoms with van der Waals surface area (Å²) in [5.41, 5.74) is 0. The largest absolute Gasteiger partial charge is 0.459 e. The summed E-state index contributed by atoms with van der Waals surface area (Å²) in [6, 6.07) is 0. The van der Waals surface area contributed by atoms with Gasteiger partial charge in [-0.1, -0.05) is 6.08 Å². The average Bonchev–Trinajstić information content (AvgIpc) is 1.68. The van der Waals surface area contributed by atoms with Crippen LogP contribution in [0.3, 0.4) is 0 Å². The van der Waals surface area contributed by atoms with Gasteiger partial charge in [-0.15, -0.1) is 0 Å². The predicted octanol–water partition coefficient (Wildman–Crippen LogP) is 0.897. The molecule has 0 aliphatic heterocycles. The minimum absolute atomic E-state index is 0.414. The first-order valence-electron chi connectivity index (χ1n) is 1.90. The van der Waals surface area contributed by atoms with Crippen LogP contribution in [-0.4, -0.2) is 5.97 Å². The molecule has 0 aliphatic rings. The van der Waals surface area contributed by atoms with Crippen molar-refractivity contribution in [1.82, 2.24) is 0 Å². The summed E-state index contributed by atoms with van der Waals surface area (Å²) in [6.45, 7) is 1.73. The van der Waals surface area contributed by atoms with Crippen LogP contribution in [0, 0.1) is 7.11 Å². The molecule has 0 aliphatic carbocycles. The Balaban J connectivity index is 3.37. The van der Waals surface area contributed by atoms with Gasteiger partial charge < -0.3 is 4.74 Å². The lowest BCUT2D eigenvalue weighted by molar-refractivity contribution is -0.132. The highest BCUT2D eigenvalue weighted by atomic mass is 16.5. The van der Waals surface area contributed by atoms with Crippen LogP contribution in [0.4, 0.5) is 0 Å². The number of carbonyl (C=O) groups is 1. The van der Waals surface area contributed by atoms with Crippen molar-refractivity contribution in [1.29, 1.82) is 0 Å². The number of rotatable bonds is 1. The molecule has 0 heterocycles. The minimum Gasteiger partial charge on any atom is -0.459 e. The fraction of sp³-hybridized carbons (Fsp3) is 0.200. The Morgan fingerprint density at radius 3 is 2.57 bits per heavy atom. The van der Waals surface area contributed by atoms with Crippen LogP contribution in [-0.2, 0) is 9.53 Å². The molecule has 2 nitrogen and oxygen atoms in total. The van der Waals surface area contributed by atoms with E-state index in [1.165, 1.54) is 6.08 Å². The molecule has 0 atom stereocenters. The highest BCUT2D eigenvalue weighted by Crippen LogP contribution is 1.75. The van der Waals surface area contributed by atoms with Crippen molar-refractivity contribution in [3.63, 3.8) is 0 Å². The molecule has 0 saturated heterocycles. The third-order valence-corrected chi connectivity index (χ3v) is 0.445. The fourth-order valence-corrected chi connectivity index (χ4v) is 0.184. The molecular formula is C5H7O2. The van der Waals surface area contributed by atoms with E-state index in [0.29, 0.717) is 0 Å². The number of ether oxygens (including phenoxy) is 1. The van der Waals surface area contributed by atoms with E-state index >= 15 is 0 Å². The number of hydrogen-bond acceptors (Lipinski definition) is 2. The maximum atomic E-state index is 10.0. The lowest BCUT2D eigenvalue weighted by atomic mass is 10.5. The van der Waals surface area contributed by atoms with Crippen molar-refractivity contribution in [3.05, 3.63) is 19.3 Å². The number of hydrogen-bond donors (Lipinski definition) is 0. The summed E-state index contributed by atoms with van der Waals surface area (Å²) in [4.78, 5) is 10.0. The first-order chi connectivity index (χ1) is 3.31. The molecule has 1 radical (unpaired) electrons. The zero-order valence-corrected chi connectivity index (χ0v) is 4.18. The van der Waals surface area contributed by atoms with E-state index in [9.17, 15) is 4.79 Å². The van der Waals surface area contributed by atoms with Gasteiger partial charge >= 0.3 is 5.97 Å². The summed E-state index contributed by atoms with van der Waals surface area (Å²) in [7, 11) is 2.90. The Morgan fingerprint density at radius 2 is 2.43 bits per heavy atom. The molecule has 0 aromatic rings. The van der Waals surface area contributed by atoms with Gasteiger partial charge in [0.1, 0.15) is 7.11 Å². The molecule has 0 rings (SSSR count). The van der Waals surface area contributed by atoms with Crippen molar-refractivity contribution in [2.45, 2.75) is 6.92 Å². The predicted molar refractivity (Wildman–Crippen MR) is 26.3 cm³/mol. The van der Waals surface area contributed by atoms with Crippen molar-refractivity contribution in [2.24, 2.45) is 0 Å². The van der Waals surface area contributed by atoms with Crippen LogP contribution >= 0.6 is 0 Å². The molecule has 2 heteroatoms. The Labute approximate surface area is 42.8 Å². The maximum absolute atomic E-state index is 10.0. The first kappa shape index (κ1) is 6.21. The first-order valence-corrected chi connectivity index (χ1v) is 1.90. The monoisotopic (exact) mass is 99.0 g/mol. The molecule has 39 valence electrons.